The first-order valence-corrected chi connectivity index (χ1v) is 6.27. The molecule has 0 bridgehead atoms. The first kappa shape index (κ1) is 14.4. The molecule has 1 fully saturated rings. The topological polar surface area (TPSA) is 53.0 Å². The van der Waals surface area contributed by atoms with Crippen molar-refractivity contribution in [2.45, 2.75) is 25.3 Å². The monoisotopic (exact) mass is 244 g/mol. The van der Waals surface area contributed by atoms with Crippen LogP contribution in [-0.4, -0.2) is 73.9 Å². The number of carboxylic acids is 1. The molecule has 1 N–H and O–H groups in total. The molecular weight excluding hydrogens is 220 g/mol. The van der Waals surface area contributed by atoms with Crippen LogP contribution in [0.2, 0.25) is 0 Å². The first-order chi connectivity index (χ1) is 8.13. The van der Waals surface area contributed by atoms with Gasteiger partial charge in [0.25, 0.3) is 0 Å². The van der Waals surface area contributed by atoms with E-state index < -0.39 is 5.97 Å². The third-order valence-electron chi connectivity index (χ3n) is 3.31. The second-order valence-electron chi connectivity index (χ2n) is 4.75. The van der Waals surface area contributed by atoms with E-state index in [2.05, 4.69) is 4.90 Å². The summed E-state index contributed by atoms with van der Waals surface area (Å²) in [6.07, 6.45) is 3.30. The van der Waals surface area contributed by atoms with Crippen molar-refractivity contribution in [3.05, 3.63) is 0 Å². The van der Waals surface area contributed by atoms with Crippen LogP contribution >= 0.6 is 0 Å². The fourth-order valence-electron chi connectivity index (χ4n) is 2.37. The number of methoxy groups -OCH3 is 1. The zero-order chi connectivity index (χ0) is 12.7. The van der Waals surface area contributed by atoms with E-state index in [-0.39, 0.29) is 6.54 Å². The van der Waals surface area contributed by atoms with Gasteiger partial charge in [0.1, 0.15) is 0 Å². The number of carbonyl (C=O) groups is 1. The van der Waals surface area contributed by atoms with Gasteiger partial charge in [0.15, 0.2) is 0 Å². The molecule has 1 aliphatic heterocycles. The van der Waals surface area contributed by atoms with Gasteiger partial charge in [0, 0.05) is 32.8 Å². The maximum Gasteiger partial charge on any atom is 0.317 e. The molecule has 1 saturated heterocycles. The molecule has 0 aromatic rings. The average Bonchev–Trinajstić information content (AvgIpc) is 2.29. The van der Waals surface area contributed by atoms with Gasteiger partial charge < -0.3 is 14.7 Å². The molecule has 5 nitrogen and oxygen atoms in total. The predicted molar refractivity (Wildman–Crippen MR) is 66.2 cm³/mol. The summed E-state index contributed by atoms with van der Waals surface area (Å²) in [6.45, 7) is 4.09. The summed E-state index contributed by atoms with van der Waals surface area (Å²) in [7, 11) is 3.62. The van der Waals surface area contributed by atoms with Gasteiger partial charge in [-0.1, -0.05) is 0 Å². The SMILES string of the molecule is COCCCN1CCCC(N(C)CC(=O)O)C1. The highest BCUT2D eigenvalue weighted by molar-refractivity contribution is 5.69. The van der Waals surface area contributed by atoms with Crippen molar-refractivity contribution in [2.24, 2.45) is 0 Å². The Morgan fingerprint density at radius 3 is 3.00 bits per heavy atom. The molecule has 1 aliphatic rings. The highest BCUT2D eigenvalue weighted by Gasteiger charge is 2.23. The molecule has 0 spiro atoms. The minimum Gasteiger partial charge on any atom is -0.480 e. The van der Waals surface area contributed by atoms with Crippen molar-refractivity contribution in [3.8, 4) is 0 Å². The lowest BCUT2D eigenvalue weighted by Crippen LogP contribution is -2.48. The van der Waals surface area contributed by atoms with Crippen molar-refractivity contribution in [1.29, 1.82) is 0 Å². The molecule has 1 unspecified atom stereocenters. The van der Waals surface area contributed by atoms with Crippen molar-refractivity contribution in [3.63, 3.8) is 0 Å². The Kier molecular flexibility index (Phi) is 6.47. The van der Waals surface area contributed by atoms with Crippen molar-refractivity contribution in [2.75, 3.05) is 46.9 Å². The van der Waals surface area contributed by atoms with E-state index >= 15 is 0 Å². The van der Waals surface area contributed by atoms with Crippen LogP contribution in [-0.2, 0) is 9.53 Å². The second-order valence-corrected chi connectivity index (χ2v) is 4.75. The molecule has 0 amide bonds. The number of hydrogen-bond donors (Lipinski definition) is 1. The number of aliphatic carboxylic acids is 1. The van der Waals surface area contributed by atoms with E-state index in [0.717, 1.165) is 45.5 Å². The maximum absolute atomic E-state index is 10.7. The normalized spacial score (nSPS) is 21.9. The second kappa shape index (κ2) is 7.63. The van der Waals surface area contributed by atoms with Crippen LogP contribution in [0.1, 0.15) is 19.3 Å². The molecule has 0 radical (unpaired) electrons. The van der Waals surface area contributed by atoms with Gasteiger partial charge in [-0.3, -0.25) is 9.69 Å². The summed E-state index contributed by atoms with van der Waals surface area (Å²) < 4.78 is 5.05. The Bertz CT molecular complexity index is 236. The minimum atomic E-state index is -0.746. The number of rotatable bonds is 7. The lowest BCUT2D eigenvalue weighted by Gasteiger charge is -2.37. The number of likely N-dealkylation sites (tertiary alicyclic amines) is 1. The molecule has 1 atom stereocenters. The number of piperidine rings is 1. The van der Waals surface area contributed by atoms with Crippen LogP contribution in [0, 0.1) is 0 Å². The van der Waals surface area contributed by atoms with Crippen LogP contribution in [0.15, 0.2) is 0 Å². The fraction of sp³-hybridized carbons (Fsp3) is 0.917. The highest BCUT2D eigenvalue weighted by atomic mass is 16.5. The highest BCUT2D eigenvalue weighted by Crippen LogP contribution is 2.14. The van der Waals surface area contributed by atoms with Crippen LogP contribution in [0.25, 0.3) is 0 Å². The smallest absolute Gasteiger partial charge is 0.317 e. The summed E-state index contributed by atoms with van der Waals surface area (Å²) in [6, 6.07) is 0.377. The molecule has 1 heterocycles. The molecule has 100 valence electrons. The van der Waals surface area contributed by atoms with Gasteiger partial charge in [-0.2, -0.15) is 0 Å². The Balaban J connectivity index is 2.29. The Hall–Kier alpha value is -0.650. The number of ether oxygens (including phenoxy) is 1. The molecule has 0 aliphatic carbocycles. The van der Waals surface area contributed by atoms with E-state index in [1.165, 1.54) is 0 Å². The average molecular weight is 244 g/mol. The Labute approximate surface area is 103 Å². The summed E-state index contributed by atoms with van der Waals surface area (Å²) in [5, 5.41) is 8.78. The molecule has 1 rings (SSSR count). The zero-order valence-corrected chi connectivity index (χ0v) is 10.9. The third-order valence-corrected chi connectivity index (χ3v) is 3.31. The van der Waals surface area contributed by atoms with E-state index in [9.17, 15) is 4.79 Å². The summed E-state index contributed by atoms with van der Waals surface area (Å²) in [5.74, 6) is -0.746. The molecule has 0 saturated carbocycles. The molecule has 0 aromatic carbocycles. The lowest BCUT2D eigenvalue weighted by molar-refractivity contribution is -0.138. The standard InChI is InChI=1S/C12H24N2O3/c1-13(10-12(15)16)11-5-3-6-14(9-11)7-4-8-17-2/h11H,3-10H2,1-2H3,(H,15,16). The van der Waals surface area contributed by atoms with Crippen molar-refractivity contribution < 1.29 is 14.6 Å². The Morgan fingerprint density at radius 2 is 2.35 bits per heavy atom. The minimum absolute atomic E-state index is 0.135. The first-order valence-electron chi connectivity index (χ1n) is 6.27. The maximum atomic E-state index is 10.7. The van der Waals surface area contributed by atoms with Crippen molar-refractivity contribution >= 4 is 5.97 Å². The zero-order valence-electron chi connectivity index (χ0n) is 10.9. The fourth-order valence-corrected chi connectivity index (χ4v) is 2.37. The van der Waals surface area contributed by atoms with Crippen LogP contribution in [0.4, 0.5) is 0 Å². The summed E-state index contributed by atoms with van der Waals surface area (Å²) in [4.78, 5) is 15.0. The van der Waals surface area contributed by atoms with Crippen LogP contribution < -0.4 is 0 Å². The van der Waals surface area contributed by atoms with Gasteiger partial charge >= 0.3 is 5.97 Å². The van der Waals surface area contributed by atoms with E-state index in [0.29, 0.717) is 6.04 Å². The number of carboxylic acid groups (broad SMARTS) is 1. The van der Waals surface area contributed by atoms with E-state index in [1.54, 1.807) is 7.11 Å². The van der Waals surface area contributed by atoms with Gasteiger partial charge in [-0.15, -0.1) is 0 Å². The van der Waals surface area contributed by atoms with Crippen LogP contribution in [0.5, 0.6) is 0 Å². The number of likely N-dealkylation sites (N-methyl/N-ethyl adjacent to an activating group) is 1. The largest absolute Gasteiger partial charge is 0.480 e. The van der Waals surface area contributed by atoms with Gasteiger partial charge in [0.2, 0.25) is 0 Å². The summed E-state index contributed by atoms with van der Waals surface area (Å²) in [5.41, 5.74) is 0. The number of hydrogen-bond acceptors (Lipinski definition) is 4. The van der Waals surface area contributed by atoms with E-state index in [1.807, 2.05) is 11.9 Å². The predicted octanol–water partition coefficient (Wildman–Crippen LogP) is 0.504. The van der Waals surface area contributed by atoms with Crippen molar-refractivity contribution in [1.82, 2.24) is 9.80 Å². The van der Waals surface area contributed by atoms with Crippen LogP contribution in [0.3, 0.4) is 0 Å². The lowest BCUT2D eigenvalue weighted by atomic mass is 10.0. The van der Waals surface area contributed by atoms with Gasteiger partial charge in [-0.25, -0.2) is 0 Å². The third kappa shape index (κ3) is 5.48. The van der Waals surface area contributed by atoms with Gasteiger partial charge in [0.05, 0.1) is 6.54 Å². The molecule has 0 aromatic heterocycles. The number of nitrogens with zero attached hydrogens (tertiary/aromatic N) is 2. The van der Waals surface area contributed by atoms with E-state index in [4.69, 9.17) is 9.84 Å². The Morgan fingerprint density at radius 1 is 1.59 bits per heavy atom. The molecular formula is C12H24N2O3. The quantitative estimate of drug-likeness (QED) is 0.661. The summed E-state index contributed by atoms with van der Waals surface area (Å²) >= 11 is 0. The molecule has 17 heavy (non-hydrogen) atoms. The molecule has 5 heteroatoms. The van der Waals surface area contributed by atoms with Gasteiger partial charge in [-0.05, 0) is 32.9 Å².